The molecule has 36 heavy (non-hydrogen) atoms. The number of halogens is 3. The summed E-state index contributed by atoms with van der Waals surface area (Å²) in [5.41, 5.74) is 1.20. The predicted molar refractivity (Wildman–Crippen MR) is 143 cm³/mol. The minimum absolute atomic E-state index is 0.0817. The minimum Gasteiger partial charge on any atom is -0.482 e. The molecule has 1 N–H and O–H groups in total. The summed E-state index contributed by atoms with van der Waals surface area (Å²) in [5.74, 6) is -0.856. The first-order valence-electron chi connectivity index (χ1n) is 11.8. The summed E-state index contributed by atoms with van der Waals surface area (Å²) >= 11 is 9.58. The van der Waals surface area contributed by atoms with Crippen LogP contribution in [0.3, 0.4) is 0 Å². The number of carbonyl (C=O) groups is 2. The molecule has 2 amide bonds. The number of nitrogens with one attached hydrogen (secondary N) is 1. The summed E-state index contributed by atoms with van der Waals surface area (Å²) in [6.45, 7) is 2.09. The van der Waals surface area contributed by atoms with Crippen LogP contribution in [-0.2, 0) is 22.6 Å². The van der Waals surface area contributed by atoms with E-state index in [4.69, 9.17) is 16.3 Å². The average Bonchev–Trinajstić information content (AvgIpc) is 2.87. The van der Waals surface area contributed by atoms with Crippen molar-refractivity contribution in [1.29, 1.82) is 0 Å². The van der Waals surface area contributed by atoms with E-state index in [-0.39, 0.29) is 25.5 Å². The summed E-state index contributed by atoms with van der Waals surface area (Å²) in [6.07, 6.45) is 2.01. The summed E-state index contributed by atoms with van der Waals surface area (Å²) in [5, 5.41) is 3.28. The lowest BCUT2D eigenvalue weighted by Crippen LogP contribution is -2.52. The molecule has 1 unspecified atom stereocenters. The van der Waals surface area contributed by atoms with Crippen molar-refractivity contribution >= 4 is 39.3 Å². The van der Waals surface area contributed by atoms with Crippen LogP contribution in [0.25, 0.3) is 0 Å². The van der Waals surface area contributed by atoms with Gasteiger partial charge in [-0.3, -0.25) is 9.59 Å². The Hall–Kier alpha value is -2.90. The van der Waals surface area contributed by atoms with Gasteiger partial charge in [0, 0.05) is 29.5 Å². The van der Waals surface area contributed by atoms with E-state index >= 15 is 0 Å². The van der Waals surface area contributed by atoms with Crippen molar-refractivity contribution in [3.05, 3.63) is 99.2 Å². The number of hydrogen-bond acceptors (Lipinski definition) is 3. The van der Waals surface area contributed by atoms with Gasteiger partial charge in [0.25, 0.3) is 5.91 Å². The van der Waals surface area contributed by atoms with E-state index in [2.05, 4.69) is 21.2 Å². The van der Waals surface area contributed by atoms with E-state index in [1.165, 1.54) is 11.0 Å². The first kappa shape index (κ1) is 27.7. The SMILES string of the molecule is CCCCNC(=O)C(Cc1ccccc1)N(Cc1ccccc1F)C(=O)COc1ccc(Br)cc1Cl. The van der Waals surface area contributed by atoms with Crippen molar-refractivity contribution in [3.63, 3.8) is 0 Å². The Morgan fingerprint density at radius 3 is 2.50 bits per heavy atom. The second kappa shape index (κ2) is 14.0. The molecule has 0 radical (unpaired) electrons. The quantitative estimate of drug-likeness (QED) is 0.263. The van der Waals surface area contributed by atoms with Gasteiger partial charge in [-0.1, -0.05) is 89.4 Å². The number of unbranched alkanes of at least 4 members (excludes halogenated alkanes) is 1. The smallest absolute Gasteiger partial charge is 0.261 e. The van der Waals surface area contributed by atoms with Crippen LogP contribution in [0.5, 0.6) is 5.75 Å². The molecular formula is C28H29BrClFN2O3. The molecule has 8 heteroatoms. The van der Waals surface area contributed by atoms with E-state index < -0.39 is 17.8 Å². The molecule has 0 saturated heterocycles. The van der Waals surface area contributed by atoms with E-state index in [1.807, 2.05) is 37.3 Å². The topological polar surface area (TPSA) is 58.6 Å². The number of nitrogens with zero attached hydrogens (tertiary/aromatic N) is 1. The molecule has 5 nitrogen and oxygen atoms in total. The van der Waals surface area contributed by atoms with Crippen LogP contribution in [0.15, 0.2) is 77.3 Å². The van der Waals surface area contributed by atoms with Gasteiger partial charge >= 0.3 is 0 Å². The molecule has 3 aromatic carbocycles. The first-order valence-corrected chi connectivity index (χ1v) is 13.0. The average molecular weight is 576 g/mol. The molecular weight excluding hydrogens is 547 g/mol. The summed E-state index contributed by atoms with van der Waals surface area (Å²) in [6, 6.07) is 19.9. The highest BCUT2D eigenvalue weighted by Gasteiger charge is 2.31. The first-order chi connectivity index (χ1) is 17.4. The van der Waals surface area contributed by atoms with Crippen molar-refractivity contribution in [2.45, 2.75) is 38.8 Å². The van der Waals surface area contributed by atoms with E-state index in [1.54, 1.807) is 36.4 Å². The van der Waals surface area contributed by atoms with Gasteiger partial charge in [0.1, 0.15) is 17.6 Å². The van der Waals surface area contributed by atoms with Crippen molar-refractivity contribution in [2.24, 2.45) is 0 Å². The largest absolute Gasteiger partial charge is 0.482 e. The molecule has 3 aromatic rings. The van der Waals surface area contributed by atoms with Crippen molar-refractivity contribution in [2.75, 3.05) is 13.2 Å². The van der Waals surface area contributed by atoms with Gasteiger partial charge in [0.05, 0.1) is 5.02 Å². The van der Waals surface area contributed by atoms with Gasteiger partial charge in [0.2, 0.25) is 5.91 Å². The van der Waals surface area contributed by atoms with Crippen LogP contribution in [0.1, 0.15) is 30.9 Å². The predicted octanol–water partition coefficient (Wildman–Crippen LogP) is 6.18. The third-order valence-corrected chi connectivity index (χ3v) is 6.43. The fourth-order valence-corrected chi connectivity index (χ4v) is 4.41. The normalized spacial score (nSPS) is 11.6. The lowest BCUT2D eigenvalue weighted by atomic mass is 10.0. The van der Waals surface area contributed by atoms with Gasteiger partial charge in [-0.2, -0.15) is 0 Å². The van der Waals surface area contributed by atoms with Crippen LogP contribution in [-0.4, -0.2) is 35.9 Å². The zero-order valence-corrected chi connectivity index (χ0v) is 22.4. The van der Waals surface area contributed by atoms with Gasteiger partial charge < -0.3 is 15.0 Å². The number of ether oxygens (including phenoxy) is 1. The lowest BCUT2D eigenvalue weighted by molar-refractivity contribution is -0.142. The molecule has 0 heterocycles. The fraction of sp³-hybridized carbons (Fsp3) is 0.286. The maximum atomic E-state index is 14.6. The zero-order chi connectivity index (χ0) is 25.9. The van der Waals surface area contributed by atoms with Crippen LogP contribution >= 0.6 is 27.5 Å². The zero-order valence-electron chi connectivity index (χ0n) is 20.1. The van der Waals surface area contributed by atoms with E-state index in [9.17, 15) is 14.0 Å². The van der Waals surface area contributed by atoms with Gasteiger partial charge in [-0.05, 0) is 36.2 Å². The second-order valence-electron chi connectivity index (χ2n) is 8.33. The monoisotopic (exact) mass is 574 g/mol. The minimum atomic E-state index is -0.861. The number of carbonyl (C=O) groups excluding carboxylic acids is 2. The molecule has 0 fully saturated rings. The highest BCUT2D eigenvalue weighted by atomic mass is 79.9. The highest BCUT2D eigenvalue weighted by molar-refractivity contribution is 9.10. The number of hydrogen-bond donors (Lipinski definition) is 1. The lowest BCUT2D eigenvalue weighted by Gasteiger charge is -2.31. The highest BCUT2D eigenvalue weighted by Crippen LogP contribution is 2.28. The molecule has 0 saturated carbocycles. The van der Waals surface area contributed by atoms with Gasteiger partial charge in [0.15, 0.2) is 6.61 Å². The Labute approximate surface area is 224 Å². The maximum absolute atomic E-state index is 14.6. The standard InChI is InChI=1S/C28H29BrClFN2O3/c1-2-3-15-32-28(35)25(16-20-9-5-4-6-10-20)33(18-21-11-7-8-12-24(21)31)27(34)19-36-26-14-13-22(29)17-23(26)30/h4-14,17,25H,2-3,15-16,18-19H2,1H3,(H,32,35). The van der Waals surface area contributed by atoms with Crippen LogP contribution in [0, 0.1) is 5.82 Å². The molecule has 3 rings (SSSR count). The molecule has 190 valence electrons. The third-order valence-electron chi connectivity index (χ3n) is 5.64. The summed E-state index contributed by atoms with van der Waals surface area (Å²) in [4.78, 5) is 28.3. The fourth-order valence-electron chi connectivity index (χ4n) is 3.68. The maximum Gasteiger partial charge on any atom is 0.261 e. The Balaban J connectivity index is 1.90. The Morgan fingerprint density at radius 1 is 1.08 bits per heavy atom. The Morgan fingerprint density at radius 2 is 1.81 bits per heavy atom. The Kier molecular flexibility index (Phi) is 10.8. The molecule has 0 aliphatic carbocycles. The number of amides is 2. The van der Waals surface area contributed by atoms with E-state index in [0.717, 1.165) is 22.9 Å². The van der Waals surface area contributed by atoms with Crippen LogP contribution < -0.4 is 10.1 Å². The molecule has 0 aromatic heterocycles. The van der Waals surface area contributed by atoms with Crippen molar-refractivity contribution in [1.82, 2.24) is 10.2 Å². The molecule has 0 aliphatic heterocycles. The number of benzene rings is 3. The summed E-state index contributed by atoms with van der Waals surface area (Å²) in [7, 11) is 0. The number of rotatable bonds is 12. The molecule has 1 atom stereocenters. The van der Waals surface area contributed by atoms with Gasteiger partial charge in [-0.15, -0.1) is 0 Å². The molecule has 0 aliphatic rings. The van der Waals surface area contributed by atoms with Crippen molar-refractivity contribution in [3.8, 4) is 5.75 Å². The van der Waals surface area contributed by atoms with Crippen LogP contribution in [0.2, 0.25) is 5.02 Å². The summed E-state index contributed by atoms with van der Waals surface area (Å²) < 4.78 is 21.1. The molecule has 0 bridgehead atoms. The second-order valence-corrected chi connectivity index (χ2v) is 9.65. The molecule has 0 spiro atoms. The van der Waals surface area contributed by atoms with E-state index in [0.29, 0.717) is 22.9 Å². The van der Waals surface area contributed by atoms with Crippen molar-refractivity contribution < 1.29 is 18.7 Å². The van der Waals surface area contributed by atoms with Crippen LogP contribution in [0.4, 0.5) is 4.39 Å². The third kappa shape index (κ3) is 8.07. The Bertz CT molecular complexity index is 1160. The van der Waals surface area contributed by atoms with Gasteiger partial charge in [-0.25, -0.2) is 4.39 Å².